The number of thiophene rings is 1. The number of likely N-dealkylation sites (tertiary alicyclic amines) is 1. The summed E-state index contributed by atoms with van der Waals surface area (Å²) in [6.45, 7) is 9.93. The highest BCUT2D eigenvalue weighted by Crippen LogP contribution is 2.46. The molecule has 0 bridgehead atoms. The topological polar surface area (TPSA) is 30.3 Å². The Balaban J connectivity index is 1.52. The highest BCUT2D eigenvalue weighted by molar-refractivity contribution is 7.12. The van der Waals surface area contributed by atoms with E-state index in [1.165, 1.54) is 17.5 Å². The monoisotopic (exact) mass is 373 g/mol. The third kappa shape index (κ3) is 3.49. The zero-order chi connectivity index (χ0) is 18.3. The standard InChI is InChI=1S/C21H31N3OS/c1-15(2)9-18-10-19-20(26-18)5-8-25-21(19)6-7-24(16(3)11-21)14-17-12-22-23(4)13-17/h10,12-13,15-16H,5-9,11,14H2,1-4H3/t16-,21+/m0/s1. The van der Waals surface area contributed by atoms with Gasteiger partial charge in [0.15, 0.2) is 0 Å². The molecule has 0 unspecified atom stereocenters. The molecule has 2 aliphatic heterocycles. The summed E-state index contributed by atoms with van der Waals surface area (Å²) in [4.78, 5) is 5.71. The molecule has 2 atom stereocenters. The van der Waals surface area contributed by atoms with Crippen molar-refractivity contribution in [3.8, 4) is 0 Å². The molecule has 26 heavy (non-hydrogen) atoms. The van der Waals surface area contributed by atoms with Crippen LogP contribution in [-0.4, -0.2) is 33.9 Å². The van der Waals surface area contributed by atoms with Gasteiger partial charge in [0.1, 0.15) is 0 Å². The van der Waals surface area contributed by atoms with E-state index in [0.29, 0.717) is 12.0 Å². The minimum absolute atomic E-state index is 0.0514. The second kappa shape index (κ2) is 7.10. The number of hydrogen-bond donors (Lipinski definition) is 0. The van der Waals surface area contributed by atoms with Gasteiger partial charge in [-0.25, -0.2) is 0 Å². The molecule has 2 aliphatic rings. The first-order valence-electron chi connectivity index (χ1n) is 9.93. The Kier molecular flexibility index (Phi) is 4.97. The summed E-state index contributed by atoms with van der Waals surface area (Å²) in [5.41, 5.74) is 2.76. The van der Waals surface area contributed by atoms with Crippen LogP contribution in [0.25, 0.3) is 0 Å². The van der Waals surface area contributed by atoms with Crippen molar-refractivity contribution in [2.24, 2.45) is 13.0 Å². The van der Waals surface area contributed by atoms with E-state index < -0.39 is 0 Å². The predicted octanol–water partition coefficient (Wildman–Crippen LogP) is 4.13. The quantitative estimate of drug-likeness (QED) is 0.807. The maximum absolute atomic E-state index is 6.49. The molecule has 0 N–H and O–H groups in total. The van der Waals surface area contributed by atoms with Gasteiger partial charge in [-0.15, -0.1) is 11.3 Å². The Morgan fingerprint density at radius 1 is 1.42 bits per heavy atom. The average Bonchev–Trinajstić information content (AvgIpc) is 3.16. The summed E-state index contributed by atoms with van der Waals surface area (Å²) >= 11 is 2.03. The van der Waals surface area contributed by atoms with Crippen LogP contribution in [0.4, 0.5) is 0 Å². The SMILES string of the molecule is CC(C)Cc1cc2c(s1)CCO[C@@]21CCN(Cc2cnn(C)c2)[C@@H](C)C1. The molecule has 1 spiro atoms. The third-order valence-electron chi connectivity index (χ3n) is 5.86. The molecule has 2 aromatic rings. The van der Waals surface area contributed by atoms with Gasteiger partial charge in [0, 0.05) is 54.1 Å². The molecule has 4 nitrogen and oxygen atoms in total. The zero-order valence-corrected chi connectivity index (χ0v) is 17.3. The van der Waals surface area contributed by atoms with Crippen LogP contribution in [0.3, 0.4) is 0 Å². The van der Waals surface area contributed by atoms with Crippen LogP contribution in [0.1, 0.15) is 54.5 Å². The van der Waals surface area contributed by atoms with E-state index >= 15 is 0 Å². The van der Waals surface area contributed by atoms with Crippen molar-refractivity contribution in [3.63, 3.8) is 0 Å². The molecule has 1 fully saturated rings. The van der Waals surface area contributed by atoms with Crippen molar-refractivity contribution in [2.45, 2.75) is 64.6 Å². The fourth-order valence-corrected chi connectivity index (χ4v) is 6.08. The summed E-state index contributed by atoms with van der Waals surface area (Å²) < 4.78 is 8.38. The number of fused-ring (bicyclic) bond motifs is 2. The van der Waals surface area contributed by atoms with Gasteiger partial charge in [0.2, 0.25) is 0 Å². The Morgan fingerprint density at radius 3 is 2.96 bits per heavy atom. The first kappa shape index (κ1) is 18.2. The Hall–Kier alpha value is -1.17. The summed E-state index contributed by atoms with van der Waals surface area (Å²) in [7, 11) is 1.99. The van der Waals surface area contributed by atoms with E-state index in [4.69, 9.17) is 4.74 Å². The van der Waals surface area contributed by atoms with Crippen LogP contribution in [0.15, 0.2) is 18.5 Å². The van der Waals surface area contributed by atoms with E-state index in [1.807, 2.05) is 29.3 Å². The van der Waals surface area contributed by atoms with E-state index in [2.05, 4.69) is 43.0 Å². The third-order valence-corrected chi connectivity index (χ3v) is 7.08. The zero-order valence-electron chi connectivity index (χ0n) is 16.5. The van der Waals surface area contributed by atoms with Gasteiger partial charge in [-0.3, -0.25) is 9.58 Å². The van der Waals surface area contributed by atoms with Gasteiger partial charge < -0.3 is 4.74 Å². The molecule has 1 saturated heterocycles. The maximum Gasteiger partial charge on any atom is 0.0969 e. The molecule has 4 heterocycles. The highest BCUT2D eigenvalue weighted by atomic mass is 32.1. The van der Waals surface area contributed by atoms with Crippen molar-refractivity contribution in [2.75, 3.05) is 13.2 Å². The van der Waals surface area contributed by atoms with Gasteiger partial charge in [-0.1, -0.05) is 13.8 Å². The Bertz CT molecular complexity index is 765. The molecule has 5 heteroatoms. The molecule has 0 saturated carbocycles. The fourth-order valence-electron chi connectivity index (χ4n) is 4.63. The lowest BCUT2D eigenvalue weighted by molar-refractivity contribution is -0.112. The number of aromatic nitrogens is 2. The van der Waals surface area contributed by atoms with Crippen LogP contribution in [-0.2, 0) is 36.8 Å². The molecule has 142 valence electrons. The van der Waals surface area contributed by atoms with Crippen LogP contribution in [0.5, 0.6) is 0 Å². The average molecular weight is 374 g/mol. The second-order valence-electron chi connectivity index (χ2n) is 8.54. The van der Waals surface area contributed by atoms with Crippen molar-refractivity contribution in [1.82, 2.24) is 14.7 Å². The van der Waals surface area contributed by atoms with Gasteiger partial charge in [-0.05, 0) is 43.7 Å². The van der Waals surface area contributed by atoms with Crippen molar-refractivity contribution in [3.05, 3.63) is 39.3 Å². The molecular weight excluding hydrogens is 342 g/mol. The summed E-state index contributed by atoms with van der Waals surface area (Å²) in [5, 5.41) is 4.31. The van der Waals surface area contributed by atoms with Gasteiger partial charge in [-0.2, -0.15) is 5.10 Å². The van der Waals surface area contributed by atoms with Gasteiger partial charge >= 0.3 is 0 Å². The molecule has 2 aromatic heterocycles. The smallest absolute Gasteiger partial charge is 0.0969 e. The number of ether oxygens (including phenoxy) is 1. The molecule has 0 radical (unpaired) electrons. The van der Waals surface area contributed by atoms with Crippen LogP contribution in [0.2, 0.25) is 0 Å². The summed E-state index contributed by atoms with van der Waals surface area (Å²) in [6.07, 6.45) is 8.59. The molecular formula is C21H31N3OS. The van der Waals surface area contributed by atoms with Crippen molar-refractivity contribution < 1.29 is 4.74 Å². The van der Waals surface area contributed by atoms with Crippen molar-refractivity contribution in [1.29, 1.82) is 0 Å². The largest absolute Gasteiger partial charge is 0.370 e. The maximum atomic E-state index is 6.49. The lowest BCUT2D eigenvalue weighted by atomic mass is 9.79. The number of nitrogens with zero attached hydrogens (tertiary/aromatic N) is 3. The fraction of sp³-hybridized carbons (Fsp3) is 0.667. The van der Waals surface area contributed by atoms with E-state index in [9.17, 15) is 0 Å². The van der Waals surface area contributed by atoms with E-state index in [0.717, 1.165) is 39.0 Å². The minimum Gasteiger partial charge on any atom is -0.370 e. The number of piperidine rings is 1. The first-order chi connectivity index (χ1) is 12.4. The molecule has 4 rings (SSSR count). The normalized spacial score (nSPS) is 26.6. The van der Waals surface area contributed by atoms with Gasteiger partial charge in [0.05, 0.1) is 18.4 Å². The molecule has 0 amide bonds. The summed E-state index contributed by atoms with van der Waals surface area (Å²) in [6, 6.07) is 2.99. The first-order valence-corrected chi connectivity index (χ1v) is 10.7. The van der Waals surface area contributed by atoms with E-state index in [-0.39, 0.29) is 5.60 Å². The van der Waals surface area contributed by atoms with Gasteiger partial charge in [0.25, 0.3) is 0 Å². The Labute approximate surface area is 161 Å². The Morgan fingerprint density at radius 2 is 2.27 bits per heavy atom. The van der Waals surface area contributed by atoms with Crippen LogP contribution in [0, 0.1) is 5.92 Å². The second-order valence-corrected chi connectivity index (χ2v) is 9.76. The van der Waals surface area contributed by atoms with Crippen LogP contribution < -0.4 is 0 Å². The highest BCUT2D eigenvalue weighted by Gasteiger charge is 2.44. The molecule has 0 aromatic carbocycles. The lowest BCUT2D eigenvalue weighted by Crippen LogP contribution is -2.50. The van der Waals surface area contributed by atoms with Crippen LogP contribution >= 0.6 is 11.3 Å². The minimum atomic E-state index is -0.0514. The lowest BCUT2D eigenvalue weighted by Gasteiger charge is -2.47. The molecule has 0 aliphatic carbocycles. The number of hydrogen-bond acceptors (Lipinski definition) is 4. The number of rotatable bonds is 4. The predicted molar refractivity (Wildman–Crippen MR) is 107 cm³/mol. The van der Waals surface area contributed by atoms with E-state index in [1.54, 1.807) is 9.75 Å². The summed E-state index contributed by atoms with van der Waals surface area (Å²) in [5.74, 6) is 0.715. The van der Waals surface area contributed by atoms with Crippen molar-refractivity contribution >= 4 is 11.3 Å². The number of aryl methyl sites for hydroxylation is 1.